The number of aliphatic hydroxyl groups excluding tert-OH is 1. The van der Waals surface area contributed by atoms with E-state index in [0.717, 1.165) is 18.5 Å². The van der Waals surface area contributed by atoms with E-state index < -0.39 is 4.92 Å². The zero-order chi connectivity index (χ0) is 15.4. The summed E-state index contributed by atoms with van der Waals surface area (Å²) >= 11 is 5.81. The number of nitro groups is 1. The molecule has 0 aliphatic rings. The summed E-state index contributed by atoms with van der Waals surface area (Å²) in [5, 5.41) is 28.3. The Labute approximate surface area is 126 Å². The Hall–Kier alpha value is -1.99. The molecule has 0 radical (unpaired) electrons. The Morgan fingerprint density at radius 2 is 2.24 bits per heavy atom. The van der Waals surface area contributed by atoms with Crippen molar-refractivity contribution in [2.75, 3.05) is 0 Å². The number of aliphatic hydroxyl groups is 1. The third-order valence-electron chi connectivity index (χ3n) is 3.13. The van der Waals surface area contributed by atoms with Crippen molar-refractivity contribution in [1.82, 2.24) is 15.0 Å². The van der Waals surface area contributed by atoms with Gasteiger partial charge in [-0.15, -0.1) is 5.10 Å². The van der Waals surface area contributed by atoms with Crippen LogP contribution in [0.1, 0.15) is 31.2 Å². The van der Waals surface area contributed by atoms with E-state index in [1.54, 1.807) is 6.07 Å². The summed E-state index contributed by atoms with van der Waals surface area (Å²) in [5.41, 5.74) is 1.57. The van der Waals surface area contributed by atoms with Crippen molar-refractivity contribution in [3.63, 3.8) is 0 Å². The fraction of sp³-hybridized carbons (Fsp3) is 0.385. The van der Waals surface area contributed by atoms with Gasteiger partial charge in [0.15, 0.2) is 0 Å². The van der Waals surface area contributed by atoms with Gasteiger partial charge in [0.05, 0.1) is 22.9 Å². The molecule has 2 rings (SSSR count). The first-order valence-corrected chi connectivity index (χ1v) is 6.94. The van der Waals surface area contributed by atoms with Gasteiger partial charge in [0.2, 0.25) is 0 Å². The minimum atomic E-state index is -0.540. The summed E-state index contributed by atoms with van der Waals surface area (Å²) in [7, 11) is 0. The molecule has 0 amide bonds. The maximum absolute atomic E-state index is 11.0. The average molecular weight is 311 g/mol. The van der Waals surface area contributed by atoms with Crippen LogP contribution >= 0.6 is 11.6 Å². The number of benzene rings is 1. The van der Waals surface area contributed by atoms with Crippen molar-refractivity contribution >= 4 is 17.3 Å². The molecule has 112 valence electrons. The van der Waals surface area contributed by atoms with Crippen LogP contribution < -0.4 is 0 Å². The molecule has 1 N–H and O–H groups in total. The summed E-state index contributed by atoms with van der Waals surface area (Å²) in [4.78, 5) is 10.4. The highest BCUT2D eigenvalue weighted by Gasteiger charge is 2.18. The zero-order valence-corrected chi connectivity index (χ0v) is 12.2. The number of nitro benzene ring substituents is 1. The highest BCUT2D eigenvalue weighted by molar-refractivity contribution is 6.32. The van der Waals surface area contributed by atoms with Crippen molar-refractivity contribution in [3.05, 3.63) is 44.7 Å². The van der Waals surface area contributed by atoms with Gasteiger partial charge in [-0.1, -0.05) is 30.2 Å². The predicted molar refractivity (Wildman–Crippen MR) is 77.6 cm³/mol. The van der Waals surface area contributed by atoms with E-state index in [-0.39, 0.29) is 17.3 Å². The second-order valence-electron chi connectivity index (χ2n) is 4.55. The van der Waals surface area contributed by atoms with Crippen LogP contribution in [-0.2, 0) is 13.0 Å². The molecule has 1 aromatic heterocycles. The Morgan fingerprint density at radius 3 is 2.86 bits per heavy atom. The first kappa shape index (κ1) is 15.4. The molecule has 0 saturated carbocycles. The smallest absolute Gasteiger partial charge is 0.290 e. The number of aromatic nitrogens is 3. The minimum absolute atomic E-state index is 0.0707. The normalized spacial score (nSPS) is 10.8. The molecule has 1 aromatic carbocycles. The zero-order valence-electron chi connectivity index (χ0n) is 11.5. The molecular formula is C13H15ClN4O3. The average Bonchev–Trinajstić information content (AvgIpc) is 2.88. The standard InChI is InChI=1S/C13H15ClN4O3/c1-2-3-4-12-11(8-19)15-16-17(12)9-5-6-10(14)13(7-9)18(20)21/h5-7,19H,2-4,8H2,1H3. The molecule has 0 unspecified atom stereocenters. The van der Waals surface area contributed by atoms with Crippen LogP contribution in [0.25, 0.3) is 5.69 Å². The lowest BCUT2D eigenvalue weighted by Crippen LogP contribution is -2.05. The van der Waals surface area contributed by atoms with E-state index in [1.165, 1.54) is 16.8 Å². The van der Waals surface area contributed by atoms with E-state index in [9.17, 15) is 15.2 Å². The number of hydrogen-bond acceptors (Lipinski definition) is 5. The fourth-order valence-corrected chi connectivity index (χ4v) is 2.22. The molecule has 2 aromatic rings. The first-order chi connectivity index (χ1) is 10.1. The van der Waals surface area contributed by atoms with Gasteiger partial charge in [-0.25, -0.2) is 4.68 Å². The first-order valence-electron chi connectivity index (χ1n) is 6.57. The van der Waals surface area contributed by atoms with Crippen LogP contribution in [0.5, 0.6) is 0 Å². The van der Waals surface area contributed by atoms with Crippen molar-refractivity contribution in [3.8, 4) is 5.69 Å². The van der Waals surface area contributed by atoms with Crippen molar-refractivity contribution in [2.24, 2.45) is 0 Å². The monoisotopic (exact) mass is 310 g/mol. The highest BCUT2D eigenvalue weighted by Crippen LogP contribution is 2.27. The third kappa shape index (κ3) is 3.20. The lowest BCUT2D eigenvalue weighted by Gasteiger charge is -2.07. The van der Waals surface area contributed by atoms with Gasteiger partial charge in [0.1, 0.15) is 10.7 Å². The second-order valence-corrected chi connectivity index (χ2v) is 4.96. The van der Waals surface area contributed by atoms with Crippen LogP contribution in [0, 0.1) is 10.1 Å². The Morgan fingerprint density at radius 1 is 1.48 bits per heavy atom. The minimum Gasteiger partial charge on any atom is -0.390 e. The molecule has 1 heterocycles. The Balaban J connectivity index is 2.48. The SMILES string of the molecule is CCCCc1c(CO)nnn1-c1ccc(Cl)c([N+](=O)[O-])c1. The third-order valence-corrected chi connectivity index (χ3v) is 3.45. The van der Waals surface area contributed by atoms with Gasteiger partial charge in [0, 0.05) is 6.07 Å². The molecule has 0 aliphatic heterocycles. The second kappa shape index (κ2) is 6.64. The highest BCUT2D eigenvalue weighted by atomic mass is 35.5. The van der Waals surface area contributed by atoms with Gasteiger partial charge < -0.3 is 5.11 Å². The van der Waals surface area contributed by atoms with Gasteiger partial charge in [0.25, 0.3) is 5.69 Å². The number of rotatable bonds is 6. The number of hydrogen-bond donors (Lipinski definition) is 1. The number of unbranched alkanes of at least 4 members (excludes halogenated alkanes) is 1. The molecular weight excluding hydrogens is 296 g/mol. The molecule has 7 nitrogen and oxygen atoms in total. The van der Waals surface area contributed by atoms with Crippen molar-refractivity contribution < 1.29 is 10.0 Å². The maximum atomic E-state index is 11.0. The summed E-state index contributed by atoms with van der Waals surface area (Å²) in [6, 6.07) is 4.45. The van der Waals surface area contributed by atoms with Crippen LogP contribution in [0.4, 0.5) is 5.69 Å². The lowest BCUT2D eigenvalue weighted by molar-refractivity contribution is -0.384. The maximum Gasteiger partial charge on any atom is 0.290 e. The van der Waals surface area contributed by atoms with Crippen LogP contribution in [0.2, 0.25) is 5.02 Å². The van der Waals surface area contributed by atoms with E-state index >= 15 is 0 Å². The van der Waals surface area contributed by atoms with Gasteiger partial charge >= 0.3 is 0 Å². The van der Waals surface area contributed by atoms with Crippen molar-refractivity contribution in [1.29, 1.82) is 0 Å². The number of halogens is 1. The molecule has 0 atom stereocenters. The summed E-state index contributed by atoms with van der Waals surface area (Å²) < 4.78 is 1.52. The molecule has 0 aliphatic carbocycles. The summed E-state index contributed by atoms with van der Waals surface area (Å²) in [6.45, 7) is 1.84. The summed E-state index contributed by atoms with van der Waals surface area (Å²) in [5.74, 6) is 0. The number of nitrogens with zero attached hydrogens (tertiary/aromatic N) is 4. The largest absolute Gasteiger partial charge is 0.390 e. The quantitative estimate of drug-likeness (QED) is 0.654. The summed E-state index contributed by atoms with van der Waals surface area (Å²) in [6.07, 6.45) is 2.59. The van der Waals surface area contributed by atoms with E-state index in [1.807, 2.05) is 0 Å². The molecule has 0 bridgehead atoms. The van der Waals surface area contributed by atoms with Gasteiger partial charge in [-0.2, -0.15) is 0 Å². The van der Waals surface area contributed by atoms with E-state index in [4.69, 9.17) is 11.6 Å². The molecule has 0 spiro atoms. The topological polar surface area (TPSA) is 94.1 Å². The van der Waals surface area contributed by atoms with E-state index in [0.29, 0.717) is 17.8 Å². The fourth-order valence-electron chi connectivity index (χ4n) is 2.03. The van der Waals surface area contributed by atoms with Gasteiger partial charge in [-0.3, -0.25) is 10.1 Å². The Kier molecular flexibility index (Phi) is 4.87. The Bertz CT molecular complexity index is 657. The molecule has 8 heteroatoms. The van der Waals surface area contributed by atoms with Crippen LogP contribution in [0.15, 0.2) is 18.2 Å². The van der Waals surface area contributed by atoms with Crippen LogP contribution in [-0.4, -0.2) is 25.0 Å². The molecule has 0 fully saturated rings. The van der Waals surface area contributed by atoms with Gasteiger partial charge in [-0.05, 0) is 25.0 Å². The lowest BCUT2D eigenvalue weighted by atomic mass is 10.1. The molecule has 21 heavy (non-hydrogen) atoms. The molecule has 0 saturated heterocycles. The predicted octanol–water partition coefficient (Wildman–Crippen LogP) is 2.66. The van der Waals surface area contributed by atoms with Crippen LogP contribution in [0.3, 0.4) is 0 Å². The van der Waals surface area contributed by atoms with Crippen molar-refractivity contribution in [2.45, 2.75) is 32.8 Å². The van der Waals surface area contributed by atoms with E-state index in [2.05, 4.69) is 17.2 Å².